The van der Waals surface area contributed by atoms with Gasteiger partial charge in [-0.25, -0.2) is 0 Å². The lowest BCUT2D eigenvalue weighted by Crippen LogP contribution is -2.15. The van der Waals surface area contributed by atoms with Gasteiger partial charge in [0.25, 0.3) is 0 Å². The van der Waals surface area contributed by atoms with Crippen molar-refractivity contribution in [2.75, 3.05) is 13.2 Å². The average Bonchev–Trinajstić information content (AvgIpc) is 2.28. The lowest BCUT2D eigenvalue weighted by atomic mass is 10.4. The van der Waals surface area contributed by atoms with E-state index in [0.717, 1.165) is 0 Å². The van der Waals surface area contributed by atoms with E-state index in [-0.39, 0.29) is 18.5 Å². The first-order chi connectivity index (χ1) is 9.05. The summed E-state index contributed by atoms with van der Waals surface area (Å²) in [5, 5.41) is 0. The topological polar surface area (TPSA) is 70.5 Å². The number of rotatable bonds is 7. The summed E-state index contributed by atoms with van der Waals surface area (Å²) in [4.78, 5) is 19.9. The number of nitrogens with zero attached hydrogens (tertiary/aromatic N) is 2. The molecule has 0 fully saturated rings. The van der Waals surface area contributed by atoms with Crippen LogP contribution in [0.25, 0.3) is 0 Å². The van der Waals surface area contributed by atoms with Crippen LogP contribution >= 0.6 is 0 Å². The summed E-state index contributed by atoms with van der Waals surface area (Å²) in [6, 6.07) is 1.60. The van der Waals surface area contributed by atoms with Crippen molar-refractivity contribution in [2.45, 2.75) is 40.2 Å². The molecule has 0 bridgehead atoms. The molecule has 19 heavy (non-hydrogen) atoms. The Kier molecular flexibility index (Phi) is 6.05. The molecule has 0 aliphatic carbocycles. The quantitative estimate of drug-likeness (QED) is 0.702. The maximum atomic E-state index is 11.6. The molecule has 0 unspecified atom stereocenters. The Morgan fingerprint density at radius 3 is 2.11 bits per heavy atom. The first-order valence-corrected chi connectivity index (χ1v) is 6.38. The summed E-state index contributed by atoms with van der Waals surface area (Å²) in [6.07, 6.45) is -0.159. The van der Waals surface area contributed by atoms with E-state index >= 15 is 0 Å². The fourth-order valence-electron chi connectivity index (χ4n) is 1.41. The third kappa shape index (κ3) is 5.54. The Morgan fingerprint density at radius 2 is 1.68 bits per heavy atom. The summed E-state index contributed by atoms with van der Waals surface area (Å²) in [5.41, 5.74) is 0. The Hall–Kier alpha value is -1.85. The lowest BCUT2D eigenvalue weighted by molar-refractivity contribution is -0.146. The zero-order valence-corrected chi connectivity index (χ0v) is 11.8. The van der Waals surface area contributed by atoms with Crippen LogP contribution in [0.5, 0.6) is 11.8 Å². The molecule has 0 saturated carbocycles. The predicted molar refractivity (Wildman–Crippen MR) is 69.3 cm³/mol. The van der Waals surface area contributed by atoms with Gasteiger partial charge in [0.05, 0.1) is 25.4 Å². The Bertz CT molecular complexity index is 397. The van der Waals surface area contributed by atoms with E-state index in [0.29, 0.717) is 30.8 Å². The third-order valence-corrected chi connectivity index (χ3v) is 1.98. The molecule has 1 rings (SSSR count). The number of aromatic nitrogens is 2. The van der Waals surface area contributed by atoms with Gasteiger partial charge in [0.1, 0.15) is 12.2 Å². The average molecular weight is 268 g/mol. The number of hydrogen-bond acceptors (Lipinski definition) is 6. The van der Waals surface area contributed by atoms with Gasteiger partial charge in [0.15, 0.2) is 0 Å². The van der Waals surface area contributed by atoms with Crippen molar-refractivity contribution < 1.29 is 19.0 Å². The molecule has 0 spiro atoms. The van der Waals surface area contributed by atoms with E-state index in [1.807, 2.05) is 13.8 Å². The Morgan fingerprint density at radius 1 is 1.16 bits per heavy atom. The monoisotopic (exact) mass is 268 g/mol. The van der Waals surface area contributed by atoms with Crippen LogP contribution in [0.3, 0.4) is 0 Å². The van der Waals surface area contributed by atoms with E-state index in [2.05, 4.69) is 9.97 Å². The van der Waals surface area contributed by atoms with Gasteiger partial charge < -0.3 is 14.2 Å². The van der Waals surface area contributed by atoms with Crippen LogP contribution in [0.4, 0.5) is 0 Å². The fraction of sp³-hybridized carbons (Fsp3) is 0.615. The molecule has 0 aliphatic heterocycles. The molecule has 1 aromatic heterocycles. The van der Waals surface area contributed by atoms with Gasteiger partial charge in [-0.05, 0) is 27.7 Å². The summed E-state index contributed by atoms with van der Waals surface area (Å²) in [7, 11) is 0. The van der Waals surface area contributed by atoms with Crippen molar-refractivity contribution in [3.05, 3.63) is 11.9 Å². The molecule has 0 aliphatic rings. The second-order valence-electron chi connectivity index (χ2n) is 4.04. The summed E-state index contributed by atoms with van der Waals surface area (Å²) in [6.45, 7) is 8.27. The first-order valence-electron chi connectivity index (χ1n) is 6.38. The number of hydrogen-bond donors (Lipinski definition) is 0. The standard InChI is InChI=1S/C13H20N2O4/c1-5-17-11-8-12(18-6-2)15-10(14-11)7-13(16)19-9(3)4/h8-9H,5-7H2,1-4H3. The number of ether oxygens (including phenoxy) is 3. The smallest absolute Gasteiger partial charge is 0.313 e. The third-order valence-electron chi connectivity index (χ3n) is 1.98. The molecule has 106 valence electrons. The molecular weight excluding hydrogens is 248 g/mol. The van der Waals surface area contributed by atoms with Gasteiger partial charge in [-0.3, -0.25) is 4.79 Å². The molecular formula is C13H20N2O4. The van der Waals surface area contributed by atoms with Crippen LogP contribution in [-0.4, -0.2) is 35.3 Å². The highest BCUT2D eigenvalue weighted by molar-refractivity contribution is 5.71. The summed E-state index contributed by atoms with van der Waals surface area (Å²) >= 11 is 0. The SMILES string of the molecule is CCOc1cc(OCC)nc(CC(=O)OC(C)C)n1. The highest BCUT2D eigenvalue weighted by atomic mass is 16.5. The predicted octanol–water partition coefficient (Wildman–Crippen LogP) is 1.77. The molecule has 0 aromatic carbocycles. The molecule has 6 heteroatoms. The minimum Gasteiger partial charge on any atom is -0.478 e. The number of carbonyl (C=O) groups is 1. The van der Waals surface area contributed by atoms with Crippen molar-refractivity contribution in [1.29, 1.82) is 0 Å². The van der Waals surface area contributed by atoms with Crippen LogP contribution in [0.2, 0.25) is 0 Å². The van der Waals surface area contributed by atoms with Crippen molar-refractivity contribution in [3.63, 3.8) is 0 Å². The van der Waals surface area contributed by atoms with Gasteiger partial charge in [0.2, 0.25) is 11.8 Å². The van der Waals surface area contributed by atoms with Gasteiger partial charge in [-0.2, -0.15) is 9.97 Å². The Labute approximate surface area is 113 Å². The van der Waals surface area contributed by atoms with Crippen LogP contribution in [-0.2, 0) is 16.0 Å². The number of esters is 1. The second kappa shape index (κ2) is 7.56. The number of carbonyl (C=O) groups excluding carboxylic acids is 1. The maximum absolute atomic E-state index is 11.6. The molecule has 0 saturated heterocycles. The fourth-order valence-corrected chi connectivity index (χ4v) is 1.41. The largest absolute Gasteiger partial charge is 0.478 e. The van der Waals surface area contributed by atoms with Gasteiger partial charge >= 0.3 is 5.97 Å². The molecule has 0 amide bonds. The van der Waals surface area contributed by atoms with Gasteiger partial charge in [0, 0.05) is 0 Å². The van der Waals surface area contributed by atoms with E-state index in [9.17, 15) is 4.79 Å². The van der Waals surface area contributed by atoms with E-state index in [1.165, 1.54) is 0 Å². The lowest BCUT2D eigenvalue weighted by Gasteiger charge is -2.10. The van der Waals surface area contributed by atoms with E-state index in [1.54, 1.807) is 19.9 Å². The zero-order valence-electron chi connectivity index (χ0n) is 11.8. The van der Waals surface area contributed by atoms with Crippen LogP contribution in [0.1, 0.15) is 33.5 Å². The maximum Gasteiger partial charge on any atom is 0.313 e. The van der Waals surface area contributed by atoms with Crippen molar-refractivity contribution in [3.8, 4) is 11.8 Å². The van der Waals surface area contributed by atoms with Crippen molar-refractivity contribution in [2.24, 2.45) is 0 Å². The summed E-state index contributed by atoms with van der Waals surface area (Å²) in [5.74, 6) is 0.757. The minimum atomic E-state index is -0.369. The van der Waals surface area contributed by atoms with E-state index < -0.39 is 0 Å². The molecule has 0 N–H and O–H groups in total. The minimum absolute atomic E-state index is 0.000825. The van der Waals surface area contributed by atoms with Crippen LogP contribution in [0, 0.1) is 0 Å². The Balaban J connectivity index is 2.83. The van der Waals surface area contributed by atoms with Crippen molar-refractivity contribution in [1.82, 2.24) is 9.97 Å². The molecule has 1 heterocycles. The molecule has 0 atom stereocenters. The van der Waals surface area contributed by atoms with Gasteiger partial charge in [-0.1, -0.05) is 0 Å². The van der Waals surface area contributed by atoms with E-state index in [4.69, 9.17) is 14.2 Å². The second-order valence-corrected chi connectivity index (χ2v) is 4.04. The van der Waals surface area contributed by atoms with Crippen molar-refractivity contribution >= 4 is 5.97 Å². The first kappa shape index (κ1) is 15.2. The zero-order chi connectivity index (χ0) is 14.3. The highest BCUT2D eigenvalue weighted by Crippen LogP contribution is 2.16. The molecule has 1 aromatic rings. The van der Waals surface area contributed by atoms with Crippen LogP contribution < -0.4 is 9.47 Å². The van der Waals surface area contributed by atoms with Gasteiger partial charge in [-0.15, -0.1) is 0 Å². The normalized spacial score (nSPS) is 10.4. The summed E-state index contributed by atoms with van der Waals surface area (Å²) < 4.78 is 15.7. The molecule has 0 radical (unpaired) electrons. The van der Waals surface area contributed by atoms with Crippen LogP contribution in [0.15, 0.2) is 6.07 Å². The highest BCUT2D eigenvalue weighted by Gasteiger charge is 2.12. The molecule has 6 nitrogen and oxygen atoms in total.